The average molecular weight is 572 g/mol. The molecule has 0 saturated heterocycles. The third-order valence-corrected chi connectivity index (χ3v) is 6.44. The number of amides is 1. The number of fused-ring (bicyclic) bond motifs is 1. The number of halogens is 3. The lowest BCUT2D eigenvalue weighted by molar-refractivity contribution is -0.137. The van der Waals surface area contributed by atoms with E-state index >= 15 is 0 Å². The molecule has 7 nitrogen and oxygen atoms in total. The van der Waals surface area contributed by atoms with Gasteiger partial charge in [-0.3, -0.25) is 4.79 Å². The summed E-state index contributed by atoms with van der Waals surface area (Å²) >= 11 is 0. The predicted molar refractivity (Wildman–Crippen MR) is 153 cm³/mol. The second-order valence-electron chi connectivity index (χ2n) is 9.37. The number of hydrogen-bond acceptors (Lipinski definition) is 5. The van der Waals surface area contributed by atoms with Gasteiger partial charge in [0.2, 0.25) is 0 Å². The molecule has 1 amide bonds. The first-order valence-corrected chi connectivity index (χ1v) is 12.7. The van der Waals surface area contributed by atoms with Crippen LogP contribution in [0.4, 0.5) is 13.2 Å². The molecular formula is C32H24F3N3O4. The Morgan fingerprint density at radius 1 is 0.905 bits per heavy atom. The van der Waals surface area contributed by atoms with E-state index in [2.05, 4.69) is 15.5 Å². The van der Waals surface area contributed by atoms with Gasteiger partial charge in [0.25, 0.3) is 5.91 Å². The number of benzene rings is 4. The molecule has 212 valence electrons. The van der Waals surface area contributed by atoms with E-state index in [4.69, 9.17) is 9.47 Å². The largest absolute Gasteiger partial charge is 0.493 e. The number of aryl methyl sites for hydroxylation is 1. The van der Waals surface area contributed by atoms with Gasteiger partial charge in [-0.25, -0.2) is 10.2 Å². The second-order valence-corrected chi connectivity index (χ2v) is 9.37. The summed E-state index contributed by atoms with van der Waals surface area (Å²) in [5.41, 5.74) is 5.68. The Morgan fingerprint density at radius 3 is 2.43 bits per heavy atom. The SMILES string of the molecule is COc1cc(C=NNC(=O)c2[nH]c3ccc(C)cc3c2-c2ccccc2)ccc1OC(=O)c1cccc(C(F)(F)F)c1. The van der Waals surface area contributed by atoms with Crippen LogP contribution in [-0.2, 0) is 6.18 Å². The van der Waals surface area contributed by atoms with E-state index in [0.29, 0.717) is 11.3 Å². The van der Waals surface area contributed by atoms with Crippen molar-refractivity contribution < 1.29 is 32.2 Å². The Morgan fingerprint density at radius 2 is 1.69 bits per heavy atom. The molecule has 5 aromatic rings. The van der Waals surface area contributed by atoms with E-state index in [-0.39, 0.29) is 17.1 Å². The molecule has 0 bridgehead atoms. The summed E-state index contributed by atoms with van der Waals surface area (Å²) in [7, 11) is 1.35. The number of methoxy groups -OCH3 is 1. The summed E-state index contributed by atoms with van der Waals surface area (Å²) in [6.45, 7) is 1.98. The number of hydrogen-bond donors (Lipinski definition) is 2. The number of nitrogens with zero attached hydrogens (tertiary/aromatic N) is 1. The standard InChI is InChI=1S/C32H24F3N3O4/c1-19-11-13-25-24(15-19)28(21-7-4-3-5-8-21)29(37-25)30(39)38-36-18-20-12-14-26(27(16-20)41-2)42-31(40)22-9-6-10-23(17-22)32(33,34)35/h3-18,37H,1-2H3,(H,38,39). The van der Waals surface area contributed by atoms with Crippen molar-refractivity contribution in [3.8, 4) is 22.6 Å². The highest BCUT2D eigenvalue weighted by Gasteiger charge is 2.31. The fourth-order valence-corrected chi connectivity index (χ4v) is 4.43. The maximum absolute atomic E-state index is 13.2. The zero-order chi connectivity index (χ0) is 29.9. The number of hydrazone groups is 1. The number of aromatic amines is 1. The molecule has 4 aromatic carbocycles. The molecule has 2 N–H and O–H groups in total. The summed E-state index contributed by atoms with van der Waals surface area (Å²) in [4.78, 5) is 28.9. The fourth-order valence-electron chi connectivity index (χ4n) is 4.43. The van der Waals surface area contributed by atoms with Gasteiger partial charge in [0, 0.05) is 16.5 Å². The highest BCUT2D eigenvalue weighted by molar-refractivity contribution is 6.10. The molecule has 0 aliphatic rings. The number of carbonyl (C=O) groups excluding carboxylic acids is 2. The minimum atomic E-state index is -4.60. The summed E-state index contributed by atoms with van der Waals surface area (Å²) in [6.07, 6.45) is -3.21. The highest BCUT2D eigenvalue weighted by Crippen LogP contribution is 2.34. The lowest BCUT2D eigenvalue weighted by Crippen LogP contribution is -2.18. The van der Waals surface area contributed by atoms with Crippen molar-refractivity contribution in [1.82, 2.24) is 10.4 Å². The molecule has 1 aromatic heterocycles. The monoisotopic (exact) mass is 571 g/mol. The molecule has 0 radical (unpaired) electrons. The second kappa shape index (κ2) is 11.6. The number of ether oxygens (including phenoxy) is 2. The van der Waals surface area contributed by atoms with E-state index < -0.39 is 23.6 Å². The number of rotatable bonds is 7. The number of esters is 1. The first kappa shape index (κ1) is 28.2. The maximum atomic E-state index is 13.2. The Bertz CT molecular complexity index is 1810. The third-order valence-electron chi connectivity index (χ3n) is 6.44. The smallest absolute Gasteiger partial charge is 0.416 e. The summed E-state index contributed by atoms with van der Waals surface area (Å²) in [5.74, 6) is -1.28. The number of alkyl halides is 3. The van der Waals surface area contributed by atoms with Gasteiger partial charge in [0.1, 0.15) is 5.69 Å². The number of H-pyrrole nitrogens is 1. The molecule has 5 rings (SSSR count). The van der Waals surface area contributed by atoms with Gasteiger partial charge in [-0.2, -0.15) is 18.3 Å². The molecule has 0 saturated carbocycles. The molecule has 0 spiro atoms. The Hall–Kier alpha value is -5.38. The fraction of sp³-hybridized carbons (Fsp3) is 0.0938. The first-order valence-electron chi connectivity index (χ1n) is 12.7. The predicted octanol–water partition coefficient (Wildman–Crippen LogP) is 7.15. The van der Waals surface area contributed by atoms with Crippen molar-refractivity contribution >= 4 is 29.0 Å². The van der Waals surface area contributed by atoms with Crippen LogP contribution >= 0.6 is 0 Å². The van der Waals surface area contributed by atoms with Crippen LogP contribution in [0, 0.1) is 6.92 Å². The van der Waals surface area contributed by atoms with Crippen molar-refractivity contribution in [2.75, 3.05) is 7.11 Å². The minimum Gasteiger partial charge on any atom is -0.493 e. The number of carbonyl (C=O) groups is 2. The lowest BCUT2D eigenvalue weighted by Gasteiger charge is -2.11. The van der Waals surface area contributed by atoms with E-state index in [1.807, 2.05) is 55.5 Å². The molecule has 42 heavy (non-hydrogen) atoms. The Labute approximate surface area is 238 Å². The molecule has 1 heterocycles. The van der Waals surface area contributed by atoms with Crippen LogP contribution in [-0.4, -0.2) is 30.2 Å². The van der Waals surface area contributed by atoms with Crippen molar-refractivity contribution in [1.29, 1.82) is 0 Å². The summed E-state index contributed by atoms with van der Waals surface area (Å²) < 4.78 is 49.6. The first-order chi connectivity index (χ1) is 20.1. The summed E-state index contributed by atoms with van der Waals surface area (Å²) in [5, 5.41) is 4.98. The van der Waals surface area contributed by atoms with Crippen molar-refractivity contribution in [2.24, 2.45) is 5.10 Å². The molecule has 10 heteroatoms. The van der Waals surface area contributed by atoms with E-state index in [1.165, 1.54) is 31.5 Å². The Kier molecular flexibility index (Phi) is 7.79. The quantitative estimate of drug-likeness (QED) is 0.0939. The van der Waals surface area contributed by atoms with E-state index in [9.17, 15) is 22.8 Å². The summed E-state index contributed by atoms with van der Waals surface area (Å²) in [6, 6.07) is 23.9. The molecule has 0 atom stereocenters. The van der Waals surface area contributed by atoms with Crippen molar-refractivity contribution in [2.45, 2.75) is 13.1 Å². The van der Waals surface area contributed by atoms with Crippen molar-refractivity contribution in [3.05, 3.63) is 119 Å². The lowest BCUT2D eigenvalue weighted by atomic mass is 10.0. The van der Waals surface area contributed by atoms with Gasteiger partial charge in [-0.15, -0.1) is 0 Å². The van der Waals surface area contributed by atoms with Crippen LogP contribution in [0.5, 0.6) is 11.5 Å². The molecular weight excluding hydrogens is 547 g/mol. The Balaban J connectivity index is 1.33. The van der Waals surface area contributed by atoms with Crippen LogP contribution in [0.15, 0.2) is 96.1 Å². The van der Waals surface area contributed by atoms with Crippen LogP contribution in [0.3, 0.4) is 0 Å². The zero-order valence-corrected chi connectivity index (χ0v) is 22.5. The molecule has 0 unspecified atom stereocenters. The molecule has 0 aliphatic carbocycles. The van der Waals surface area contributed by atoms with Gasteiger partial charge in [-0.05, 0) is 66.6 Å². The molecule has 0 aliphatic heterocycles. The van der Waals surface area contributed by atoms with Gasteiger partial charge >= 0.3 is 12.1 Å². The van der Waals surface area contributed by atoms with Gasteiger partial charge in [0.05, 0.1) is 24.5 Å². The van der Waals surface area contributed by atoms with E-state index in [0.717, 1.165) is 45.8 Å². The third kappa shape index (κ3) is 6.02. The zero-order valence-electron chi connectivity index (χ0n) is 22.5. The van der Waals surface area contributed by atoms with Crippen LogP contribution in [0.1, 0.15) is 37.5 Å². The molecule has 0 fully saturated rings. The topological polar surface area (TPSA) is 92.8 Å². The minimum absolute atomic E-state index is 0.00182. The normalized spacial score (nSPS) is 11.5. The maximum Gasteiger partial charge on any atom is 0.416 e. The van der Waals surface area contributed by atoms with Gasteiger partial charge in [-0.1, -0.05) is 48.0 Å². The van der Waals surface area contributed by atoms with Crippen LogP contribution < -0.4 is 14.9 Å². The van der Waals surface area contributed by atoms with Crippen LogP contribution in [0.2, 0.25) is 0 Å². The van der Waals surface area contributed by atoms with Gasteiger partial charge in [0.15, 0.2) is 11.5 Å². The highest BCUT2D eigenvalue weighted by atomic mass is 19.4. The van der Waals surface area contributed by atoms with Gasteiger partial charge < -0.3 is 14.5 Å². The average Bonchev–Trinajstić information content (AvgIpc) is 3.36. The number of aromatic nitrogens is 1. The van der Waals surface area contributed by atoms with Crippen LogP contribution in [0.25, 0.3) is 22.0 Å². The van der Waals surface area contributed by atoms with Crippen molar-refractivity contribution in [3.63, 3.8) is 0 Å². The van der Waals surface area contributed by atoms with E-state index in [1.54, 1.807) is 6.07 Å². The number of nitrogens with one attached hydrogen (secondary N) is 2.